The van der Waals surface area contributed by atoms with E-state index in [2.05, 4.69) is 14.2 Å². The largest absolute Gasteiger partial charge is 0.516 e. The molecule has 0 aliphatic heterocycles. The molecule has 1 aromatic rings. The first kappa shape index (κ1) is 9.96. The van der Waals surface area contributed by atoms with Crippen molar-refractivity contribution in [3.63, 3.8) is 0 Å². The van der Waals surface area contributed by atoms with Crippen molar-refractivity contribution in [2.24, 2.45) is 0 Å². The van der Waals surface area contributed by atoms with Gasteiger partial charge in [-0.2, -0.15) is 0 Å². The van der Waals surface area contributed by atoms with Crippen molar-refractivity contribution in [1.82, 2.24) is 5.32 Å². The number of benzene rings is 1. The van der Waals surface area contributed by atoms with Crippen molar-refractivity contribution in [3.8, 4) is 5.75 Å². The highest BCUT2D eigenvalue weighted by atomic mass is 16.7. The summed E-state index contributed by atoms with van der Waals surface area (Å²) in [6.45, 7) is -2.05. The zero-order chi connectivity index (χ0) is 25.0. The average Bonchev–Trinajstić information content (AvgIpc) is 2.71. The minimum absolute atomic E-state index is 0.204. The van der Waals surface area contributed by atoms with E-state index in [4.69, 9.17) is 11.0 Å². The van der Waals surface area contributed by atoms with Gasteiger partial charge >= 0.3 is 18.1 Å². The Kier molecular flexibility index (Phi) is 3.81. The van der Waals surface area contributed by atoms with Gasteiger partial charge in [-0.3, -0.25) is 0 Å². The van der Waals surface area contributed by atoms with Gasteiger partial charge in [0.15, 0.2) is 6.04 Å². The maximum Gasteiger partial charge on any atom is 0.516 e. The van der Waals surface area contributed by atoms with E-state index in [1.165, 1.54) is 6.92 Å². The van der Waals surface area contributed by atoms with Gasteiger partial charge in [-0.1, -0.05) is 12.1 Å². The molecule has 8 nitrogen and oxygen atoms in total. The van der Waals surface area contributed by atoms with Crippen molar-refractivity contribution in [2.75, 3.05) is 13.7 Å². The molecule has 0 spiro atoms. The van der Waals surface area contributed by atoms with E-state index in [0.717, 1.165) is 7.11 Å². The first-order valence-corrected chi connectivity index (χ1v) is 6.42. The summed E-state index contributed by atoms with van der Waals surface area (Å²) in [5.41, 5.74) is -1.99. The van der Waals surface area contributed by atoms with E-state index < -0.39 is 78.2 Å². The van der Waals surface area contributed by atoms with Crippen LogP contribution in [0.15, 0.2) is 35.9 Å². The van der Waals surface area contributed by atoms with E-state index in [0.29, 0.717) is 0 Å². The van der Waals surface area contributed by atoms with E-state index >= 15 is 0 Å². The SMILES string of the molecule is [2H]/C(C(=O)OC)=C(/NC(C(=O)OC(=O)OCC)c1c([2H])c([2H])c(O)c([2H])c1[2H])C([2H])([2H])[2H]. The first-order chi connectivity index (χ1) is 14.7. The average molecular weight is 345 g/mol. The monoisotopic (exact) mass is 345 g/mol. The van der Waals surface area contributed by atoms with E-state index in [9.17, 15) is 19.5 Å². The minimum atomic E-state index is -3.23. The van der Waals surface area contributed by atoms with Crippen LogP contribution in [0.4, 0.5) is 4.79 Å². The van der Waals surface area contributed by atoms with E-state index in [-0.39, 0.29) is 6.61 Å². The van der Waals surface area contributed by atoms with Crippen molar-refractivity contribution < 1.29 is 44.7 Å². The van der Waals surface area contributed by atoms with Gasteiger partial charge in [-0.15, -0.1) is 0 Å². The molecule has 0 aliphatic carbocycles. The Balaban J connectivity index is 3.79. The van der Waals surface area contributed by atoms with Gasteiger partial charge in [0, 0.05) is 15.9 Å². The van der Waals surface area contributed by atoms with Gasteiger partial charge in [0.25, 0.3) is 0 Å². The maximum atomic E-state index is 12.6. The number of carbonyl (C=O) groups excluding carboxylic acids is 3. The predicted octanol–water partition coefficient (Wildman–Crippen LogP) is 1.80. The van der Waals surface area contributed by atoms with Crippen LogP contribution in [-0.4, -0.2) is 36.9 Å². The summed E-state index contributed by atoms with van der Waals surface area (Å²) in [6, 6.07) is -7.39. The third kappa shape index (κ3) is 5.99. The van der Waals surface area contributed by atoms with Gasteiger partial charge in [0.1, 0.15) is 5.75 Å². The molecule has 0 fully saturated rings. The number of aromatic hydroxyl groups is 1. The van der Waals surface area contributed by atoms with Crippen LogP contribution in [0, 0.1) is 0 Å². The minimum Gasteiger partial charge on any atom is -0.508 e. The molecular weight excluding hydrogens is 318 g/mol. The molecule has 0 aromatic heterocycles. The number of carbonyl (C=O) groups is 3. The molecule has 1 unspecified atom stereocenters. The number of methoxy groups -OCH3 is 1. The number of ether oxygens (including phenoxy) is 3. The number of nitrogens with one attached hydrogen (secondary N) is 1. The number of allylic oxidation sites excluding steroid dienone is 1. The number of hydrogen-bond donors (Lipinski definition) is 2. The number of hydrogen-bond acceptors (Lipinski definition) is 8. The molecule has 2 N–H and O–H groups in total. The highest BCUT2D eigenvalue weighted by Gasteiger charge is 2.25. The van der Waals surface area contributed by atoms with Crippen LogP contribution < -0.4 is 5.32 Å². The number of phenols is 1. The molecule has 1 rings (SSSR count). The molecule has 0 saturated heterocycles. The summed E-state index contributed by atoms with van der Waals surface area (Å²) in [4.78, 5) is 35.9. The molecule has 0 amide bonds. The lowest BCUT2D eigenvalue weighted by atomic mass is 10.1. The lowest BCUT2D eigenvalue weighted by molar-refractivity contribution is -0.142. The summed E-state index contributed by atoms with van der Waals surface area (Å²) in [6.07, 6.45) is -1.52. The molecule has 1 atom stereocenters. The second-order valence-electron chi connectivity index (χ2n) is 3.94. The Bertz CT molecular complexity index is 932. The zero-order valence-electron chi connectivity index (χ0n) is 20.7. The maximum absolute atomic E-state index is 12.6. The number of esters is 2. The number of rotatable bonds is 6. The fourth-order valence-electron chi connectivity index (χ4n) is 1.33. The molecule has 8 heteroatoms. The van der Waals surface area contributed by atoms with Crippen LogP contribution >= 0.6 is 0 Å². The molecule has 0 saturated carbocycles. The van der Waals surface area contributed by atoms with Crippen molar-refractivity contribution in [2.45, 2.75) is 19.8 Å². The van der Waals surface area contributed by atoms with Gasteiger partial charge in [-0.25, -0.2) is 14.4 Å². The van der Waals surface area contributed by atoms with Crippen molar-refractivity contribution >= 4 is 18.1 Å². The molecule has 1 aromatic carbocycles. The fourth-order valence-corrected chi connectivity index (χ4v) is 1.33. The second kappa shape index (κ2) is 9.19. The third-order valence-electron chi connectivity index (χ3n) is 2.30. The summed E-state index contributed by atoms with van der Waals surface area (Å²) in [5.74, 6) is -4.09. The van der Waals surface area contributed by atoms with Gasteiger partial charge < -0.3 is 24.6 Å². The van der Waals surface area contributed by atoms with Gasteiger partial charge in [0.05, 0.1) is 20.6 Å². The molecule has 0 radical (unpaired) electrons. The molecule has 24 heavy (non-hydrogen) atoms. The zero-order valence-corrected chi connectivity index (χ0v) is 12.7. The van der Waals surface area contributed by atoms with Crippen molar-refractivity contribution in [3.05, 3.63) is 41.5 Å². The van der Waals surface area contributed by atoms with Crippen LogP contribution in [0.2, 0.25) is 0 Å². The topological polar surface area (TPSA) is 111 Å². The van der Waals surface area contributed by atoms with E-state index in [1.54, 1.807) is 0 Å². The highest BCUT2D eigenvalue weighted by molar-refractivity contribution is 5.87. The Morgan fingerprint density at radius 3 is 2.62 bits per heavy atom. The lowest BCUT2D eigenvalue weighted by Crippen LogP contribution is -2.31. The van der Waals surface area contributed by atoms with Crippen molar-refractivity contribution in [1.29, 1.82) is 0 Å². The van der Waals surface area contributed by atoms with Crippen LogP contribution in [0.25, 0.3) is 0 Å². The Morgan fingerprint density at radius 2 is 2.08 bits per heavy atom. The van der Waals surface area contributed by atoms with Crippen LogP contribution in [0.3, 0.4) is 0 Å². The third-order valence-corrected chi connectivity index (χ3v) is 2.30. The van der Waals surface area contributed by atoms with Gasteiger partial charge in [-0.05, 0) is 31.4 Å². The van der Waals surface area contributed by atoms with E-state index in [1.807, 2.05) is 5.32 Å². The fraction of sp³-hybridized carbons (Fsp3) is 0.312. The number of phenolic OH excluding ortho intramolecular Hbond substituents is 1. The Hall–Kier alpha value is -3.03. The smallest absolute Gasteiger partial charge is 0.508 e. The molecule has 130 valence electrons. The highest BCUT2D eigenvalue weighted by Crippen LogP contribution is 2.19. The molecular formula is C16H19NO7. The Morgan fingerprint density at radius 1 is 1.42 bits per heavy atom. The predicted molar refractivity (Wildman–Crippen MR) is 82.9 cm³/mol. The quantitative estimate of drug-likeness (QED) is 0.456. The van der Waals surface area contributed by atoms with Crippen LogP contribution in [-0.2, 0) is 23.8 Å². The Labute approximate surface area is 150 Å². The second-order valence-corrected chi connectivity index (χ2v) is 3.94. The van der Waals surface area contributed by atoms with Gasteiger partial charge in [0.2, 0.25) is 0 Å². The van der Waals surface area contributed by atoms with Crippen LogP contribution in [0.1, 0.15) is 36.3 Å². The summed E-state index contributed by atoms with van der Waals surface area (Å²) < 4.78 is 74.9. The molecule has 0 aliphatic rings. The summed E-state index contributed by atoms with van der Waals surface area (Å²) in [5, 5.41) is 11.7. The summed E-state index contributed by atoms with van der Waals surface area (Å²) >= 11 is 0. The lowest BCUT2D eigenvalue weighted by Gasteiger charge is -2.18. The summed E-state index contributed by atoms with van der Waals surface area (Å²) in [7, 11) is 0.864. The first-order valence-electron chi connectivity index (χ1n) is 10.4. The molecule has 0 heterocycles. The molecule has 0 bridgehead atoms. The van der Waals surface area contributed by atoms with Crippen LogP contribution in [0.5, 0.6) is 5.75 Å². The standard InChI is InChI=1S/C16H19NO7/c1-4-23-16(21)24-15(20)14(11-5-7-12(18)8-6-11)17-10(2)9-13(19)22-3/h5-9,14,17-18H,4H2,1-3H3/b10-9-/i2D3,5D,6D,7D,8D,9D. The normalized spacial score (nSPS) is 17.8.